The lowest BCUT2D eigenvalue weighted by Crippen LogP contribution is -2.19. The Morgan fingerprint density at radius 1 is 1.44 bits per heavy atom. The molecule has 0 aliphatic carbocycles. The summed E-state index contributed by atoms with van der Waals surface area (Å²) in [5, 5.41) is 4.28. The molecular weight excluding hydrogens is 246 g/mol. The fraction of sp³-hybridized carbons (Fsp3) is 0.500. The molecule has 1 fully saturated rings. The van der Waals surface area contributed by atoms with E-state index in [0.29, 0.717) is 12.1 Å². The highest BCUT2D eigenvalue weighted by Gasteiger charge is 2.24. The number of benzene rings is 1. The first-order valence-corrected chi connectivity index (χ1v) is 6.95. The fourth-order valence-electron chi connectivity index (χ4n) is 2.78. The average Bonchev–Trinajstić information content (AvgIpc) is 2.93. The van der Waals surface area contributed by atoms with Gasteiger partial charge in [-0.05, 0) is 51.4 Å². The van der Waals surface area contributed by atoms with Crippen LogP contribution in [0, 0.1) is 0 Å². The van der Waals surface area contributed by atoms with E-state index in [2.05, 4.69) is 29.8 Å². The van der Waals surface area contributed by atoms with Gasteiger partial charge in [0.25, 0.3) is 0 Å². The van der Waals surface area contributed by atoms with Crippen molar-refractivity contribution in [3.63, 3.8) is 0 Å². The predicted molar refractivity (Wildman–Crippen MR) is 75.1 cm³/mol. The first-order chi connectivity index (χ1) is 8.66. The summed E-state index contributed by atoms with van der Waals surface area (Å²) in [5.41, 5.74) is 2.18. The van der Waals surface area contributed by atoms with Crippen molar-refractivity contribution >= 4 is 22.6 Å². The Kier molecular flexibility index (Phi) is 3.04. The standard InChI is InChI=1S/C14H18ClN3/c1-9(2)18-13-6-5-10(15)8-12(13)17-14(18)11-4-3-7-16-11/h5-6,8-9,11,16H,3-4,7H2,1-2H3. The van der Waals surface area contributed by atoms with Crippen molar-refractivity contribution in [1.29, 1.82) is 0 Å². The summed E-state index contributed by atoms with van der Waals surface area (Å²) in [6.45, 7) is 5.50. The highest BCUT2D eigenvalue weighted by atomic mass is 35.5. The molecule has 3 rings (SSSR count). The van der Waals surface area contributed by atoms with Crippen LogP contribution in [0.4, 0.5) is 0 Å². The van der Waals surface area contributed by atoms with E-state index in [4.69, 9.17) is 16.6 Å². The van der Waals surface area contributed by atoms with E-state index < -0.39 is 0 Å². The van der Waals surface area contributed by atoms with Gasteiger partial charge in [-0.15, -0.1) is 0 Å². The summed E-state index contributed by atoms with van der Waals surface area (Å²) in [6, 6.07) is 6.76. The number of nitrogens with one attached hydrogen (secondary N) is 1. The largest absolute Gasteiger partial charge is 0.324 e. The van der Waals surface area contributed by atoms with Crippen LogP contribution in [-0.2, 0) is 0 Å². The normalized spacial score (nSPS) is 20.1. The summed E-state index contributed by atoms with van der Waals surface area (Å²) in [6.07, 6.45) is 2.40. The van der Waals surface area contributed by atoms with E-state index in [1.807, 2.05) is 12.1 Å². The maximum absolute atomic E-state index is 6.05. The van der Waals surface area contributed by atoms with E-state index in [9.17, 15) is 0 Å². The molecule has 4 heteroatoms. The molecule has 1 aliphatic rings. The number of imidazole rings is 1. The Hall–Kier alpha value is -1.06. The molecule has 2 aromatic rings. The molecule has 1 aliphatic heterocycles. The molecule has 0 saturated carbocycles. The Balaban J connectivity index is 2.19. The van der Waals surface area contributed by atoms with Gasteiger partial charge in [0.2, 0.25) is 0 Å². The Bertz CT molecular complexity index is 568. The van der Waals surface area contributed by atoms with Crippen LogP contribution in [0.2, 0.25) is 5.02 Å². The molecule has 1 aromatic carbocycles. The summed E-state index contributed by atoms with van der Waals surface area (Å²) < 4.78 is 2.33. The molecule has 1 saturated heterocycles. The van der Waals surface area contributed by atoms with Crippen LogP contribution < -0.4 is 5.32 Å². The second-order valence-electron chi connectivity index (χ2n) is 5.22. The van der Waals surface area contributed by atoms with Gasteiger partial charge in [-0.2, -0.15) is 0 Å². The number of nitrogens with zero attached hydrogens (tertiary/aromatic N) is 2. The van der Waals surface area contributed by atoms with Crippen molar-refractivity contribution in [3.8, 4) is 0 Å². The quantitative estimate of drug-likeness (QED) is 0.895. The van der Waals surface area contributed by atoms with Crippen molar-refractivity contribution in [3.05, 3.63) is 29.0 Å². The molecule has 0 radical (unpaired) electrons. The molecule has 1 aromatic heterocycles. The van der Waals surface area contributed by atoms with Gasteiger partial charge < -0.3 is 9.88 Å². The maximum Gasteiger partial charge on any atom is 0.127 e. The molecule has 3 nitrogen and oxygen atoms in total. The van der Waals surface area contributed by atoms with E-state index in [1.54, 1.807) is 0 Å². The maximum atomic E-state index is 6.05. The van der Waals surface area contributed by atoms with Gasteiger partial charge in [0.05, 0.1) is 17.1 Å². The molecular formula is C14H18ClN3. The fourth-order valence-corrected chi connectivity index (χ4v) is 2.95. The molecule has 96 valence electrons. The first kappa shape index (κ1) is 12.0. The Morgan fingerprint density at radius 2 is 2.28 bits per heavy atom. The third-order valence-electron chi connectivity index (χ3n) is 3.57. The minimum absolute atomic E-state index is 0.388. The van der Waals surface area contributed by atoms with Crippen LogP contribution in [0.5, 0.6) is 0 Å². The smallest absolute Gasteiger partial charge is 0.127 e. The van der Waals surface area contributed by atoms with E-state index >= 15 is 0 Å². The first-order valence-electron chi connectivity index (χ1n) is 6.57. The van der Waals surface area contributed by atoms with Gasteiger partial charge >= 0.3 is 0 Å². The molecule has 0 amide bonds. The highest BCUT2D eigenvalue weighted by Crippen LogP contribution is 2.30. The number of aromatic nitrogens is 2. The monoisotopic (exact) mass is 263 g/mol. The number of rotatable bonds is 2. The van der Waals surface area contributed by atoms with Crippen LogP contribution in [0.25, 0.3) is 11.0 Å². The molecule has 1 atom stereocenters. The third-order valence-corrected chi connectivity index (χ3v) is 3.80. The van der Waals surface area contributed by atoms with Gasteiger partial charge in [0, 0.05) is 11.1 Å². The molecule has 0 spiro atoms. The zero-order chi connectivity index (χ0) is 12.7. The van der Waals surface area contributed by atoms with Crippen molar-refractivity contribution < 1.29 is 0 Å². The number of halogens is 1. The van der Waals surface area contributed by atoms with Gasteiger partial charge in [-0.25, -0.2) is 4.98 Å². The second kappa shape index (κ2) is 4.56. The molecule has 1 N–H and O–H groups in total. The van der Waals surface area contributed by atoms with Crippen LogP contribution in [0.3, 0.4) is 0 Å². The van der Waals surface area contributed by atoms with Crippen LogP contribution >= 0.6 is 11.6 Å². The molecule has 18 heavy (non-hydrogen) atoms. The Labute approximate surface area is 112 Å². The zero-order valence-corrected chi connectivity index (χ0v) is 11.5. The number of fused-ring (bicyclic) bond motifs is 1. The van der Waals surface area contributed by atoms with Crippen molar-refractivity contribution in [1.82, 2.24) is 14.9 Å². The SMILES string of the molecule is CC(C)n1c(C2CCCN2)nc2cc(Cl)ccc21. The second-order valence-corrected chi connectivity index (χ2v) is 5.65. The minimum atomic E-state index is 0.388. The lowest BCUT2D eigenvalue weighted by Gasteiger charge is -2.17. The summed E-state index contributed by atoms with van der Waals surface area (Å²) >= 11 is 6.05. The summed E-state index contributed by atoms with van der Waals surface area (Å²) in [5.74, 6) is 1.15. The van der Waals surface area contributed by atoms with Crippen LogP contribution in [-0.4, -0.2) is 16.1 Å². The highest BCUT2D eigenvalue weighted by molar-refractivity contribution is 6.31. The third kappa shape index (κ3) is 1.91. The number of hydrogen-bond acceptors (Lipinski definition) is 2. The van der Waals surface area contributed by atoms with Crippen molar-refractivity contribution in [2.24, 2.45) is 0 Å². The van der Waals surface area contributed by atoms with Gasteiger partial charge in [0.15, 0.2) is 0 Å². The van der Waals surface area contributed by atoms with E-state index in [1.165, 1.54) is 18.4 Å². The molecule has 0 bridgehead atoms. The van der Waals surface area contributed by atoms with Gasteiger partial charge in [-0.1, -0.05) is 11.6 Å². The van der Waals surface area contributed by atoms with Gasteiger partial charge in [-0.3, -0.25) is 0 Å². The van der Waals surface area contributed by atoms with Crippen molar-refractivity contribution in [2.75, 3.05) is 6.54 Å². The lowest BCUT2D eigenvalue weighted by molar-refractivity contribution is 0.517. The number of hydrogen-bond donors (Lipinski definition) is 1. The topological polar surface area (TPSA) is 29.9 Å². The van der Waals surface area contributed by atoms with Crippen LogP contribution in [0.15, 0.2) is 18.2 Å². The summed E-state index contributed by atoms with van der Waals surface area (Å²) in [7, 11) is 0. The summed E-state index contributed by atoms with van der Waals surface area (Å²) in [4.78, 5) is 4.79. The van der Waals surface area contributed by atoms with E-state index in [-0.39, 0.29) is 0 Å². The van der Waals surface area contributed by atoms with Gasteiger partial charge in [0.1, 0.15) is 5.82 Å². The van der Waals surface area contributed by atoms with Crippen molar-refractivity contribution in [2.45, 2.75) is 38.8 Å². The Morgan fingerprint density at radius 3 is 2.94 bits per heavy atom. The average molecular weight is 264 g/mol. The predicted octanol–water partition coefficient (Wildman–Crippen LogP) is 3.70. The molecule has 1 unspecified atom stereocenters. The minimum Gasteiger partial charge on any atom is -0.324 e. The zero-order valence-electron chi connectivity index (χ0n) is 10.8. The van der Waals surface area contributed by atoms with Crippen LogP contribution in [0.1, 0.15) is 44.6 Å². The molecule has 2 heterocycles. The van der Waals surface area contributed by atoms with E-state index in [0.717, 1.165) is 22.9 Å². The lowest BCUT2D eigenvalue weighted by atomic mass is 10.2.